The van der Waals surface area contributed by atoms with Crippen LogP contribution in [-0.4, -0.2) is 29.5 Å². The van der Waals surface area contributed by atoms with Crippen LogP contribution in [0.25, 0.3) is 0 Å². The first-order valence-electron chi connectivity index (χ1n) is 5.88. The van der Waals surface area contributed by atoms with Crippen molar-refractivity contribution in [2.45, 2.75) is 24.9 Å². The molecule has 0 amide bonds. The summed E-state index contributed by atoms with van der Waals surface area (Å²) in [6, 6.07) is 10.3. The maximum absolute atomic E-state index is 9.10. The summed E-state index contributed by atoms with van der Waals surface area (Å²) >= 11 is 0. The van der Waals surface area contributed by atoms with Gasteiger partial charge in [-0.2, -0.15) is 0 Å². The Morgan fingerprint density at radius 3 is 2.25 bits per heavy atom. The van der Waals surface area contributed by atoms with Crippen molar-refractivity contribution < 1.29 is 10.2 Å². The Labute approximate surface area is 96.1 Å². The molecular weight excluding hydrogens is 202 g/mol. The van der Waals surface area contributed by atoms with Crippen LogP contribution in [0.15, 0.2) is 30.3 Å². The first-order valence-corrected chi connectivity index (χ1v) is 5.88. The van der Waals surface area contributed by atoms with E-state index in [0.29, 0.717) is 5.92 Å². The van der Waals surface area contributed by atoms with Gasteiger partial charge in [-0.25, -0.2) is 0 Å². The molecule has 1 aromatic rings. The van der Waals surface area contributed by atoms with E-state index in [1.165, 1.54) is 18.4 Å². The molecule has 3 heteroatoms. The van der Waals surface area contributed by atoms with Crippen molar-refractivity contribution in [1.29, 1.82) is 0 Å². The van der Waals surface area contributed by atoms with Gasteiger partial charge in [-0.3, -0.25) is 0 Å². The Balaban J connectivity index is 2.05. The summed E-state index contributed by atoms with van der Waals surface area (Å²) in [6.45, 7) is -0.0426. The number of nitrogens with one attached hydrogen (secondary N) is 1. The predicted molar refractivity (Wildman–Crippen MR) is 63.0 cm³/mol. The monoisotopic (exact) mass is 221 g/mol. The first kappa shape index (κ1) is 11.6. The van der Waals surface area contributed by atoms with Gasteiger partial charge in [0.25, 0.3) is 0 Å². The zero-order chi connectivity index (χ0) is 11.4. The fourth-order valence-electron chi connectivity index (χ4n) is 2.01. The van der Waals surface area contributed by atoms with Crippen molar-refractivity contribution in [1.82, 2.24) is 5.32 Å². The number of aliphatic hydroxyl groups is 2. The standard InChI is InChI=1S/C13H19NO2/c15-8-12(9-16)14-13(11-6-7-11)10-4-2-1-3-5-10/h1-5,11-16H,6-9H2. The van der Waals surface area contributed by atoms with Crippen LogP contribution in [0.5, 0.6) is 0 Å². The SMILES string of the molecule is OCC(CO)NC(c1ccccc1)C1CC1. The number of hydrogen-bond donors (Lipinski definition) is 3. The Kier molecular flexibility index (Phi) is 3.93. The van der Waals surface area contributed by atoms with Gasteiger partial charge in [0.1, 0.15) is 0 Å². The average molecular weight is 221 g/mol. The Hall–Kier alpha value is -0.900. The van der Waals surface area contributed by atoms with Gasteiger partial charge in [0, 0.05) is 6.04 Å². The number of rotatable bonds is 6. The molecule has 2 rings (SSSR count). The van der Waals surface area contributed by atoms with Crippen LogP contribution in [-0.2, 0) is 0 Å². The third-order valence-corrected chi connectivity index (χ3v) is 3.11. The minimum atomic E-state index is -0.217. The average Bonchev–Trinajstić information content (AvgIpc) is 3.16. The molecule has 0 bridgehead atoms. The van der Waals surface area contributed by atoms with E-state index in [1.54, 1.807) is 0 Å². The molecule has 1 aliphatic rings. The molecule has 0 radical (unpaired) electrons. The highest BCUT2D eigenvalue weighted by Gasteiger charge is 2.33. The van der Waals surface area contributed by atoms with E-state index in [2.05, 4.69) is 17.4 Å². The van der Waals surface area contributed by atoms with Gasteiger partial charge in [0.15, 0.2) is 0 Å². The summed E-state index contributed by atoms with van der Waals surface area (Å²) in [5.74, 6) is 0.656. The fourth-order valence-corrected chi connectivity index (χ4v) is 2.01. The largest absolute Gasteiger partial charge is 0.395 e. The second-order valence-electron chi connectivity index (χ2n) is 4.45. The number of aliphatic hydroxyl groups excluding tert-OH is 2. The second kappa shape index (κ2) is 5.43. The zero-order valence-corrected chi connectivity index (χ0v) is 9.34. The molecule has 16 heavy (non-hydrogen) atoms. The molecule has 0 saturated heterocycles. The molecule has 1 unspecified atom stereocenters. The summed E-state index contributed by atoms with van der Waals surface area (Å²) in [4.78, 5) is 0. The zero-order valence-electron chi connectivity index (χ0n) is 9.34. The molecule has 0 aromatic heterocycles. The minimum absolute atomic E-state index is 0.0213. The quantitative estimate of drug-likeness (QED) is 0.674. The van der Waals surface area contributed by atoms with Crippen molar-refractivity contribution in [2.75, 3.05) is 13.2 Å². The summed E-state index contributed by atoms with van der Waals surface area (Å²) < 4.78 is 0. The molecule has 1 saturated carbocycles. The van der Waals surface area contributed by atoms with Crippen molar-refractivity contribution in [3.05, 3.63) is 35.9 Å². The van der Waals surface area contributed by atoms with Crippen LogP contribution >= 0.6 is 0 Å². The molecule has 1 fully saturated rings. The molecule has 88 valence electrons. The van der Waals surface area contributed by atoms with Gasteiger partial charge < -0.3 is 15.5 Å². The van der Waals surface area contributed by atoms with Crippen LogP contribution in [0.1, 0.15) is 24.4 Å². The maximum atomic E-state index is 9.10. The lowest BCUT2D eigenvalue weighted by molar-refractivity contribution is 0.158. The second-order valence-corrected chi connectivity index (χ2v) is 4.45. The predicted octanol–water partition coefficient (Wildman–Crippen LogP) is 1.08. The highest BCUT2D eigenvalue weighted by atomic mass is 16.3. The van der Waals surface area contributed by atoms with Gasteiger partial charge in [0.05, 0.1) is 19.3 Å². The van der Waals surface area contributed by atoms with Gasteiger partial charge >= 0.3 is 0 Å². The Morgan fingerprint density at radius 1 is 1.12 bits per heavy atom. The highest BCUT2D eigenvalue weighted by molar-refractivity contribution is 5.21. The van der Waals surface area contributed by atoms with E-state index in [1.807, 2.05) is 18.2 Å². The molecule has 1 aliphatic carbocycles. The van der Waals surface area contributed by atoms with E-state index in [-0.39, 0.29) is 25.3 Å². The molecule has 0 spiro atoms. The first-order chi connectivity index (χ1) is 7.85. The van der Waals surface area contributed by atoms with Crippen LogP contribution < -0.4 is 5.32 Å². The van der Waals surface area contributed by atoms with Gasteiger partial charge in [0.2, 0.25) is 0 Å². The third kappa shape index (κ3) is 2.82. The van der Waals surface area contributed by atoms with E-state index < -0.39 is 0 Å². The number of hydrogen-bond acceptors (Lipinski definition) is 3. The minimum Gasteiger partial charge on any atom is -0.395 e. The van der Waals surface area contributed by atoms with Gasteiger partial charge in [-0.05, 0) is 24.3 Å². The summed E-state index contributed by atoms with van der Waals surface area (Å²) in [5.41, 5.74) is 1.25. The Morgan fingerprint density at radius 2 is 1.75 bits per heavy atom. The van der Waals surface area contributed by atoms with E-state index in [0.717, 1.165) is 0 Å². The van der Waals surface area contributed by atoms with Crippen LogP contribution in [0.3, 0.4) is 0 Å². The van der Waals surface area contributed by atoms with Crippen LogP contribution in [0.2, 0.25) is 0 Å². The van der Waals surface area contributed by atoms with Crippen LogP contribution in [0, 0.1) is 5.92 Å². The topological polar surface area (TPSA) is 52.5 Å². The molecule has 1 aromatic carbocycles. The van der Waals surface area contributed by atoms with E-state index in [4.69, 9.17) is 10.2 Å². The van der Waals surface area contributed by atoms with Crippen molar-refractivity contribution in [2.24, 2.45) is 5.92 Å². The highest BCUT2D eigenvalue weighted by Crippen LogP contribution is 2.41. The lowest BCUT2D eigenvalue weighted by Crippen LogP contribution is -2.39. The van der Waals surface area contributed by atoms with Gasteiger partial charge in [-0.1, -0.05) is 30.3 Å². The molecule has 3 nitrogen and oxygen atoms in total. The van der Waals surface area contributed by atoms with E-state index >= 15 is 0 Å². The van der Waals surface area contributed by atoms with Gasteiger partial charge in [-0.15, -0.1) is 0 Å². The third-order valence-electron chi connectivity index (χ3n) is 3.11. The molecule has 0 aliphatic heterocycles. The molecular formula is C13H19NO2. The van der Waals surface area contributed by atoms with Crippen molar-refractivity contribution >= 4 is 0 Å². The summed E-state index contributed by atoms with van der Waals surface area (Å²) in [7, 11) is 0. The smallest absolute Gasteiger partial charge is 0.0607 e. The van der Waals surface area contributed by atoms with E-state index in [9.17, 15) is 0 Å². The molecule has 0 heterocycles. The normalized spacial score (nSPS) is 17.7. The fraction of sp³-hybridized carbons (Fsp3) is 0.538. The lowest BCUT2D eigenvalue weighted by atomic mass is 10.0. The maximum Gasteiger partial charge on any atom is 0.0607 e. The van der Waals surface area contributed by atoms with Crippen molar-refractivity contribution in [3.63, 3.8) is 0 Å². The molecule has 3 N–H and O–H groups in total. The van der Waals surface area contributed by atoms with Crippen molar-refractivity contribution in [3.8, 4) is 0 Å². The number of benzene rings is 1. The summed E-state index contributed by atoms with van der Waals surface area (Å²) in [6.07, 6.45) is 2.46. The lowest BCUT2D eigenvalue weighted by Gasteiger charge is -2.23. The molecule has 1 atom stereocenters. The summed E-state index contributed by atoms with van der Waals surface area (Å²) in [5, 5.41) is 21.5. The Bertz CT molecular complexity index is 307. The van der Waals surface area contributed by atoms with Crippen LogP contribution in [0.4, 0.5) is 0 Å².